The lowest BCUT2D eigenvalue weighted by Gasteiger charge is -2.36. The predicted molar refractivity (Wildman–Crippen MR) is 164 cm³/mol. The molecule has 7 heteroatoms. The second kappa shape index (κ2) is 9.28. The van der Waals surface area contributed by atoms with Gasteiger partial charge in [0.25, 0.3) is 0 Å². The third kappa shape index (κ3) is 3.74. The van der Waals surface area contributed by atoms with E-state index in [9.17, 15) is 5.11 Å². The maximum Gasteiger partial charge on any atom is 0.422 e. The quantitative estimate of drug-likeness (QED) is 0.241. The van der Waals surface area contributed by atoms with Crippen molar-refractivity contribution in [2.45, 2.75) is 0 Å². The number of fused-ring (bicyclic) bond motifs is 8. The van der Waals surface area contributed by atoms with Crippen LogP contribution in [0.3, 0.4) is 0 Å². The maximum atomic E-state index is 10.3. The molecular weight excluding hydrogens is 507 g/mol. The lowest BCUT2D eigenvalue weighted by Crippen LogP contribution is -2.55. The minimum atomic E-state index is -0.108. The van der Waals surface area contributed by atoms with E-state index in [4.69, 9.17) is 9.72 Å². The van der Waals surface area contributed by atoms with Crippen molar-refractivity contribution in [1.29, 1.82) is 0 Å². The second-order valence-electron chi connectivity index (χ2n) is 10.0. The summed E-state index contributed by atoms with van der Waals surface area (Å²) in [7, 11) is 0. The van der Waals surface area contributed by atoms with E-state index >= 15 is 0 Å². The largest absolute Gasteiger partial charge is 0.507 e. The summed E-state index contributed by atoms with van der Waals surface area (Å²) in [6.07, 6.45) is 1.84. The zero-order valence-corrected chi connectivity index (χ0v) is 21.9. The van der Waals surface area contributed by atoms with E-state index in [1.165, 1.54) is 16.6 Å². The van der Waals surface area contributed by atoms with Gasteiger partial charge in [0.15, 0.2) is 0 Å². The molecule has 0 aliphatic carbocycles. The van der Waals surface area contributed by atoms with Crippen LogP contribution in [0.4, 0.5) is 22.9 Å². The van der Waals surface area contributed by atoms with E-state index in [1.807, 2.05) is 60.8 Å². The van der Waals surface area contributed by atoms with Gasteiger partial charge in [0.2, 0.25) is 5.88 Å². The zero-order valence-electron chi connectivity index (χ0n) is 21.9. The number of phenols is 1. The average molecular weight is 530 g/mol. The first kappa shape index (κ1) is 23.3. The number of aromatic nitrogens is 2. The summed E-state index contributed by atoms with van der Waals surface area (Å²) in [5.74, 6) is 2.17. The number of pyridine rings is 2. The number of hydrogen-bond donors (Lipinski definition) is 1. The van der Waals surface area contributed by atoms with Crippen molar-refractivity contribution in [3.8, 4) is 39.8 Å². The number of benzene rings is 4. The first-order valence-corrected chi connectivity index (χ1v) is 13.5. The molecule has 0 fully saturated rings. The second-order valence-corrected chi connectivity index (χ2v) is 10.0. The molecule has 41 heavy (non-hydrogen) atoms. The molecule has 6 aromatic rings. The maximum absolute atomic E-state index is 10.3. The molecule has 0 unspecified atom stereocenters. The highest BCUT2D eigenvalue weighted by molar-refractivity contribution is 6.86. The normalized spacial score (nSPS) is 12.8. The number of aromatic hydroxyl groups is 1. The third-order valence-electron chi connectivity index (χ3n) is 7.66. The molecular formula is C34H23BN4O2. The monoisotopic (exact) mass is 530 g/mol. The van der Waals surface area contributed by atoms with Crippen molar-refractivity contribution in [2.24, 2.45) is 0 Å². The van der Waals surface area contributed by atoms with Crippen molar-refractivity contribution in [3.05, 3.63) is 134 Å². The Morgan fingerprint density at radius 1 is 0.634 bits per heavy atom. The van der Waals surface area contributed by atoms with E-state index in [2.05, 4.69) is 75.3 Å². The van der Waals surface area contributed by atoms with Gasteiger partial charge in [-0.3, -0.25) is 0 Å². The number of anilines is 4. The number of nitrogens with zero attached hydrogens (tertiary/aromatic N) is 4. The van der Waals surface area contributed by atoms with Gasteiger partial charge in [0, 0.05) is 40.8 Å². The summed E-state index contributed by atoms with van der Waals surface area (Å²) in [5, 5.41) is 10.3. The van der Waals surface area contributed by atoms with E-state index in [0.717, 1.165) is 22.9 Å². The fourth-order valence-corrected chi connectivity index (χ4v) is 5.94. The molecule has 194 valence electrons. The number of hydrogen-bond acceptors (Lipinski definition) is 6. The highest BCUT2D eigenvalue weighted by atomic mass is 16.5. The minimum absolute atomic E-state index is 0.108. The van der Waals surface area contributed by atoms with Crippen LogP contribution in [-0.4, -0.2) is 22.1 Å². The van der Waals surface area contributed by atoms with Gasteiger partial charge in [0.05, 0.1) is 11.4 Å². The molecule has 0 spiro atoms. The van der Waals surface area contributed by atoms with Gasteiger partial charge in [0.1, 0.15) is 17.3 Å². The van der Waals surface area contributed by atoms with Crippen LogP contribution in [0.15, 0.2) is 134 Å². The van der Waals surface area contributed by atoms with Gasteiger partial charge < -0.3 is 19.5 Å². The Balaban J connectivity index is 1.21. The molecule has 0 bridgehead atoms. The predicted octanol–water partition coefficient (Wildman–Crippen LogP) is 7.31. The van der Waals surface area contributed by atoms with E-state index in [0.29, 0.717) is 22.9 Å². The van der Waals surface area contributed by atoms with Gasteiger partial charge in [-0.25, -0.2) is 9.97 Å². The van der Waals surface area contributed by atoms with Gasteiger partial charge in [-0.15, -0.1) is 0 Å². The molecule has 0 saturated carbocycles. The van der Waals surface area contributed by atoms with Crippen LogP contribution >= 0.6 is 0 Å². The average Bonchev–Trinajstić information content (AvgIpc) is 3.38. The standard InChI is InChI=1S/C34H23BN4O2/c40-32-19-6-3-14-27(32)29-16-8-20-33(37-29)41-24-11-7-10-23(22-24)38-34-31(18-9-21-36-34)39-30-17-5-2-13-26(30)25-12-1-4-15-28(25)35(38)39/h1-22,40H. The number of ether oxygens (including phenoxy) is 1. The summed E-state index contributed by atoms with van der Waals surface area (Å²) in [4.78, 5) is 14.2. The Kier molecular flexibility index (Phi) is 5.28. The highest BCUT2D eigenvalue weighted by Crippen LogP contribution is 2.50. The fraction of sp³-hybridized carbons (Fsp3) is 0. The number of phenolic OH excluding ortho intramolecular Hbond substituents is 1. The summed E-state index contributed by atoms with van der Waals surface area (Å²) in [5.41, 5.74) is 8.12. The molecule has 0 amide bonds. The molecule has 1 N–H and O–H groups in total. The Labute approximate surface area is 237 Å². The van der Waals surface area contributed by atoms with Crippen LogP contribution < -0.4 is 19.8 Å². The first-order chi connectivity index (χ1) is 20.3. The van der Waals surface area contributed by atoms with E-state index in [-0.39, 0.29) is 12.7 Å². The topological polar surface area (TPSA) is 61.7 Å². The van der Waals surface area contributed by atoms with Crippen LogP contribution in [0.2, 0.25) is 0 Å². The van der Waals surface area contributed by atoms with Crippen molar-refractivity contribution in [1.82, 2.24) is 9.97 Å². The molecule has 2 aliphatic rings. The third-order valence-corrected chi connectivity index (χ3v) is 7.66. The van der Waals surface area contributed by atoms with Crippen LogP contribution in [0.5, 0.6) is 17.4 Å². The van der Waals surface area contributed by atoms with Crippen molar-refractivity contribution in [3.63, 3.8) is 0 Å². The lowest BCUT2D eigenvalue weighted by atomic mass is 9.59. The first-order valence-electron chi connectivity index (χ1n) is 13.5. The van der Waals surface area contributed by atoms with E-state index < -0.39 is 0 Å². The molecule has 0 radical (unpaired) electrons. The molecule has 2 aliphatic heterocycles. The molecule has 6 nitrogen and oxygen atoms in total. The summed E-state index contributed by atoms with van der Waals surface area (Å²) in [6, 6.07) is 42.0. The Morgan fingerprint density at radius 3 is 2.29 bits per heavy atom. The van der Waals surface area contributed by atoms with Crippen LogP contribution in [-0.2, 0) is 0 Å². The van der Waals surface area contributed by atoms with Crippen molar-refractivity contribution >= 4 is 35.3 Å². The Hall–Kier alpha value is -5.56. The van der Waals surface area contributed by atoms with E-state index in [1.54, 1.807) is 12.1 Å². The molecule has 0 atom stereocenters. The Morgan fingerprint density at radius 2 is 1.39 bits per heavy atom. The van der Waals surface area contributed by atoms with Gasteiger partial charge in [-0.1, -0.05) is 66.7 Å². The van der Waals surface area contributed by atoms with Crippen molar-refractivity contribution < 1.29 is 9.84 Å². The minimum Gasteiger partial charge on any atom is -0.507 e. The smallest absolute Gasteiger partial charge is 0.422 e. The molecule has 2 aromatic heterocycles. The number of rotatable bonds is 4. The SMILES string of the molecule is Oc1ccccc1-c1cccc(Oc2cccc(N3B4c5ccccc5-c5ccccc5N4c4cccnc43)c2)n1. The van der Waals surface area contributed by atoms with Gasteiger partial charge in [-0.2, -0.15) is 0 Å². The zero-order chi connectivity index (χ0) is 27.3. The summed E-state index contributed by atoms with van der Waals surface area (Å²) in [6.45, 7) is -0.108. The fourth-order valence-electron chi connectivity index (χ4n) is 5.94. The van der Waals surface area contributed by atoms with Crippen LogP contribution in [0.1, 0.15) is 0 Å². The van der Waals surface area contributed by atoms with Crippen LogP contribution in [0, 0.1) is 0 Å². The summed E-state index contributed by atoms with van der Waals surface area (Å²) >= 11 is 0. The summed E-state index contributed by atoms with van der Waals surface area (Å²) < 4.78 is 6.28. The Bertz CT molecular complexity index is 1940. The van der Waals surface area contributed by atoms with Gasteiger partial charge in [-0.05, 0) is 59.6 Å². The molecule has 4 aromatic carbocycles. The highest BCUT2D eigenvalue weighted by Gasteiger charge is 2.48. The molecule has 8 rings (SSSR count). The lowest BCUT2D eigenvalue weighted by molar-refractivity contribution is 0.463. The van der Waals surface area contributed by atoms with Crippen LogP contribution in [0.25, 0.3) is 22.4 Å². The van der Waals surface area contributed by atoms with Gasteiger partial charge >= 0.3 is 6.98 Å². The number of para-hydroxylation sites is 2. The molecule has 0 saturated heterocycles. The van der Waals surface area contributed by atoms with Crippen molar-refractivity contribution in [2.75, 3.05) is 9.62 Å². The molecule has 4 heterocycles.